The third-order valence-electron chi connectivity index (χ3n) is 2.26. The quantitative estimate of drug-likeness (QED) is 0.456. The monoisotopic (exact) mass is 280 g/mol. The first-order valence-corrected chi connectivity index (χ1v) is 5.33. The molecule has 0 unspecified atom stereocenters. The van der Waals surface area contributed by atoms with E-state index >= 15 is 0 Å². The minimum Gasteiger partial charge on any atom is -0.382 e. The Kier molecular flexibility index (Phi) is 5.44. The van der Waals surface area contributed by atoms with Crippen molar-refractivity contribution in [2.45, 2.75) is 6.18 Å². The number of hydrogen-bond acceptors (Lipinski definition) is 3. The molecule has 0 aliphatic rings. The van der Waals surface area contributed by atoms with Crippen LogP contribution in [0.25, 0.3) is 0 Å². The third-order valence-corrected chi connectivity index (χ3v) is 2.26. The number of Topliss-reactive ketones (excluding diaryl/α,β-unsaturated/α-hetero) is 1. The van der Waals surface area contributed by atoms with E-state index in [0.29, 0.717) is 12.1 Å². The van der Waals surface area contributed by atoms with Crippen LogP contribution in [-0.4, -0.2) is 32.7 Å². The molecule has 3 nitrogen and oxygen atoms in total. The summed E-state index contributed by atoms with van der Waals surface area (Å²) < 4.78 is 59.7. The summed E-state index contributed by atoms with van der Waals surface area (Å²) in [7, 11) is 1.45. The Balaban J connectivity index is 2.70. The lowest BCUT2D eigenvalue weighted by atomic mass is 10.1. The average Bonchev–Trinajstić information content (AvgIpc) is 2.32. The molecule has 0 spiro atoms. The second-order valence-corrected chi connectivity index (χ2v) is 3.66. The normalized spacial score (nSPS) is 11.6. The smallest absolute Gasteiger partial charge is 0.382 e. The van der Waals surface area contributed by atoms with Crippen molar-refractivity contribution in [3.8, 4) is 0 Å². The first-order valence-electron chi connectivity index (χ1n) is 5.33. The number of ketones is 1. The zero-order chi connectivity index (χ0) is 14.5. The topological polar surface area (TPSA) is 35.5 Å². The molecule has 19 heavy (non-hydrogen) atoms. The van der Waals surface area contributed by atoms with Crippen LogP contribution in [0.4, 0.5) is 17.6 Å². The van der Waals surface area contributed by atoms with Crippen molar-refractivity contribution in [2.24, 2.45) is 0 Å². The second-order valence-electron chi connectivity index (χ2n) is 3.66. The van der Waals surface area contributed by atoms with Crippen LogP contribution in [0.1, 0.15) is 15.9 Å². The van der Waals surface area contributed by atoms with Crippen LogP contribution >= 0.6 is 0 Å². The molecule has 106 valence electrons. The van der Waals surface area contributed by atoms with Gasteiger partial charge in [-0.1, -0.05) is 6.07 Å². The van der Waals surface area contributed by atoms with E-state index in [2.05, 4.69) is 4.74 Å². The van der Waals surface area contributed by atoms with Gasteiger partial charge in [0.15, 0.2) is 5.78 Å². The third kappa shape index (κ3) is 4.60. The molecule has 0 N–H and O–H groups in total. The van der Waals surface area contributed by atoms with Gasteiger partial charge in [-0.05, 0) is 12.1 Å². The molecule has 0 fully saturated rings. The van der Waals surface area contributed by atoms with E-state index in [1.54, 1.807) is 0 Å². The van der Waals surface area contributed by atoms with Gasteiger partial charge in [0.2, 0.25) is 0 Å². The lowest BCUT2D eigenvalue weighted by Crippen LogP contribution is -2.14. The Morgan fingerprint density at radius 2 is 1.95 bits per heavy atom. The Morgan fingerprint density at radius 3 is 2.47 bits per heavy atom. The van der Waals surface area contributed by atoms with Gasteiger partial charge in [-0.15, -0.1) is 0 Å². The molecule has 0 saturated heterocycles. The summed E-state index contributed by atoms with van der Waals surface area (Å²) in [5.74, 6) is -2.07. The molecule has 1 rings (SSSR count). The van der Waals surface area contributed by atoms with Crippen molar-refractivity contribution in [1.29, 1.82) is 0 Å². The fraction of sp³-hybridized carbons (Fsp3) is 0.417. The highest BCUT2D eigenvalue weighted by molar-refractivity contribution is 5.97. The Labute approximate surface area is 107 Å². The number of alkyl halides is 3. The highest BCUT2D eigenvalue weighted by atomic mass is 19.4. The average molecular weight is 280 g/mol. The minimum atomic E-state index is -4.78. The number of ether oxygens (including phenoxy) is 2. The summed E-state index contributed by atoms with van der Waals surface area (Å²) in [6.07, 6.45) is -4.78. The summed E-state index contributed by atoms with van der Waals surface area (Å²) in [6.45, 7) is 0.119. The first-order chi connectivity index (χ1) is 8.86. The Morgan fingerprint density at radius 1 is 1.26 bits per heavy atom. The van der Waals surface area contributed by atoms with Crippen molar-refractivity contribution in [3.63, 3.8) is 0 Å². The van der Waals surface area contributed by atoms with Crippen LogP contribution in [0, 0.1) is 5.82 Å². The van der Waals surface area contributed by atoms with Gasteiger partial charge in [-0.3, -0.25) is 4.79 Å². The first kappa shape index (κ1) is 15.6. The zero-order valence-electron chi connectivity index (χ0n) is 10.1. The molecule has 0 aromatic heterocycles. The van der Waals surface area contributed by atoms with E-state index in [-0.39, 0.29) is 25.4 Å². The van der Waals surface area contributed by atoms with Gasteiger partial charge in [0.25, 0.3) is 0 Å². The fourth-order valence-electron chi connectivity index (χ4n) is 1.31. The predicted octanol–water partition coefficient (Wildman–Crippen LogP) is 2.69. The van der Waals surface area contributed by atoms with Gasteiger partial charge in [0.1, 0.15) is 12.4 Å². The molecule has 7 heteroatoms. The van der Waals surface area contributed by atoms with E-state index in [1.165, 1.54) is 7.11 Å². The second kappa shape index (κ2) is 6.63. The van der Waals surface area contributed by atoms with E-state index in [9.17, 15) is 22.4 Å². The standard InChI is InChI=1S/C12H12F4O3/c1-18-4-5-19-7-11(17)8-2-3-9(10(13)6-8)12(14,15)16/h2-3,6H,4-5,7H2,1H3. The SMILES string of the molecule is COCCOCC(=O)c1ccc(C(F)(F)F)c(F)c1. The molecule has 0 aliphatic heterocycles. The Bertz CT molecular complexity index is 443. The molecule has 0 atom stereocenters. The highest BCUT2D eigenvalue weighted by Crippen LogP contribution is 2.31. The predicted molar refractivity (Wildman–Crippen MR) is 58.4 cm³/mol. The lowest BCUT2D eigenvalue weighted by Gasteiger charge is -2.09. The number of benzene rings is 1. The van der Waals surface area contributed by atoms with Gasteiger partial charge < -0.3 is 9.47 Å². The van der Waals surface area contributed by atoms with Crippen LogP contribution in [0.3, 0.4) is 0 Å². The summed E-state index contributed by atoms with van der Waals surface area (Å²) in [5, 5.41) is 0. The maximum absolute atomic E-state index is 13.2. The van der Waals surface area contributed by atoms with Crippen molar-refractivity contribution >= 4 is 5.78 Å². The van der Waals surface area contributed by atoms with Gasteiger partial charge in [-0.25, -0.2) is 4.39 Å². The number of methoxy groups -OCH3 is 1. The van der Waals surface area contributed by atoms with Gasteiger partial charge in [-0.2, -0.15) is 13.2 Å². The van der Waals surface area contributed by atoms with Crippen LogP contribution in [0.15, 0.2) is 18.2 Å². The number of hydrogen-bond donors (Lipinski definition) is 0. The lowest BCUT2D eigenvalue weighted by molar-refractivity contribution is -0.140. The van der Waals surface area contributed by atoms with E-state index in [0.717, 1.165) is 6.07 Å². The highest BCUT2D eigenvalue weighted by Gasteiger charge is 2.34. The van der Waals surface area contributed by atoms with Gasteiger partial charge in [0.05, 0.1) is 18.8 Å². The van der Waals surface area contributed by atoms with Gasteiger partial charge >= 0.3 is 6.18 Å². The van der Waals surface area contributed by atoms with E-state index in [1.807, 2.05) is 0 Å². The van der Waals surface area contributed by atoms with Crippen molar-refractivity contribution in [2.75, 3.05) is 26.9 Å². The zero-order valence-corrected chi connectivity index (χ0v) is 10.1. The molecular weight excluding hydrogens is 268 g/mol. The molecule has 0 aliphatic carbocycles. The number of carbonyl (C=O) groups is 1. The summed E-state index contributed by atoms with van der Waals surface area (Å²) >= 11 is 0. The molecule has 0 radical (unpaired) electrons. The number of carbonyl (C=O) groups excluding carboxylic acids is 1. The Hall–Kier alpha value is -1.47. The van der Waals surface area contributed by atoms with Crippen molar-refractivity contribution in [1.82, 2.24) is 0 Å². The maximum Gasteiger partial charge on any atom is 0.419 e. The van der Waals surface area contributed by atoms with Crippen LogP contribution in [0.2, 0.25) is 0 Å². The number of rotatable bonds is 6. The molecule has 1 aromatic carbocycles. The fourth-order valence-corrected chi connectivity index (χ4v) is 1.31. The summed E-state index contributed by atoms with van der Waals surface area (Å²) in [5.41, 5.74) is -1.56. The minimum absolute atomic E-state index is 0.164. The van der Waals surface area contributed by atoms with Crippen LogP contribution in [-0.2, 0) is 15.7 Å². The van der Waals surface area contributed by atoms with Gasteiger partial charge in [0, 0.05) is 12.7 Å². The van der Waals surface area contributed by atoms with Crippen molar-refractivity contribution in [3.05, 3.63) is 35.1 Å². The van der Waals surface area contributed by atoms with E-state index < -0.39 is 23.3 Å². The van der Waals surface area contributed by atoms with Crippen molar-refractivity contribution < 1.29 is 31.8 Å². The summed E-state index contributed by atoms with van der Waals surface area (Å²) in [6, 6.07) is 2.02. The molecule has 0 saturated carbocycles. The van der Waals surface area contributed by atoms with Crippen LogP contribution in [0.5, 0.6) is 0 Å². The molecule has 0 bridgehead atoms. The maximum atomic E-state index is 13.2. The van der Waals surface area contributed by atoms with Crippen LogP contribution < -0.4 is 0 Å². The number of halogens is 4. The largest absolute Gasteiger partial charge is 0.419 e. The molecule has 0 heterocycles. The summed E-state index contributed by atoms with van der Waals surface area (Å²) in [4.78, 5) is 11.5. The molecular formula is C12H12F4O3. The molecule has 0 amide bonds. The molecule has 1 aromatic rings. The van der Waals surface area contributed by atoms with E-state index in [4.69, 9.17) is 4.74 Å².